The molecule has 2 aromatic rings. The van der Waals surface area contributed by atoms with Crippen molar-refractivity contribution in [3.8, 4) is 0 Å². The minimum Gasteiger partial charge on any atom is -0.356 e. The van der Waals surface area contributed by atoms with Gasteiger partial charge in [0.1, 0.15) is 0 Å². The van der Waals surface area contributed by atoms with Gasteiger partial charge in [-0.1, -0.05) is 35.9 Å². The molecule has 0 aliphatic rings. The van der Waals surface area contributed by atoms with Crippen LogP contribution in [0.25, 0.3) is 0 Å². The zero-order valence-corrected chi connectivity index (χ0v) is 16.0. The standard InChI is InChI=1S/C18H23ClN4OS/c1-20-18(23(2)13-14-7-3-4-8-15(14)19)22-11-6-10-21-17(24)16-9-5-12-25-16/h3-5,7-9,12H,6,10-11,13H2,1-2H3,(H,20,22)(H,21,24). The summed E-state index contributed by atoms with van der Waals surface area (Å²) in [4.78, 5) is 18.9. The summed E-state index contributed by atoms with van der Waals surface area (Å²) in [5.41, 5.74) is 1.05. The summed E-state index contributed by atoms with van der Waals surface area (Å²) in [5.74, 6) is 0.778. The van der Waals surface area contributed by atoms with E-state index in [1.807, 2.05) is 53.7 Å². The van der Waals surface area contributed by atoms with E-state index in [4.69, 9.17) is 11.6 Å². The number of thiophene rings is 1. The molecule has 0 spiro atoms. The van der Waals surface area contributed by atoms with Gasteiger partial charge in [0.25, 0.3) is 5.91 Å². The Bertz CT molecular complexity index is 703. The van der Waals surface area contributed by atoms with Gasteiger partial charge in [-0.15, -0.1) is 11.3 Å². The number of nitrogens with one attached hydrogen (secondary N) is 2. The second-order valence-electron chi connectivity index (χ2n) is 5.51. The molecule has 0 aliphatic heterocycles. The lowest BCUT2D eigenvalue weighted by molar-refractivity contribution is 0.0957. The van der Waals surface area contributed by atoms with Crippen LogP contribution in [0.15, 0.2) is 46.8 Å². The largest absolute Gasteiger partial charge is 0.356 e. The lowest BCUT2D eigenvalue weighted by Gasteiger charge is -2.22. The Morgan fingerprint density at radius 1 is 1.20 bits per heavy atom. The molecular weight excluding hydrogens is 356 g/mol. The molecule has 0 unspecified atom stereocenters. The Kier molecular flexibility index (Phi) is 7.76. The van der Waals surface area contributed by atoms with Crippen LogP contribution in [0, 0.1) is 0 Å². The molecule has 25 heavy (non-hydrogen) atoms. The Morgan fingerprint density at radius 2 is 1.96 bits per heavy atom. The predicted molar refractivity (Wildman–Crippen MR) is 106 cm³/mol. The van der Waals surface area contributed by atoms with Crippen LogP contribution >= 0.6 is 22.9 Å². The molecule has 0 atom stereocenters. The first kappa shape index (κ1) is 19.3. The number of carbonyl (C=O) groups is 1. The van der Waals surface area contributed by atoms with Crippen LogP contribution in [0.2, 0.25) is 5.02 Å². The first-order valence-electron chi connectivity index (χ1n) is 8.08. The summed E-state index contributed by atoms with van der Waals surface area (Å²) in [6.45, 7) is 2.02. The highest BCUT2D eigenvalue weighted by Gasteiger charge is 2.09. The minimum absolute atomic E-state index is 0.0183. The molecule has 0 aliphatic carbocycles. The van der Waals surface area contributed by atoms with Gasteiger partial charge in [-0.3, -0.25) is 9.79 Å². The van der Waals surface area contributed by atoms with E-state index in [1.165, 1.54) is 11.3 Å². The molecule has 1 aromatic carbocycles. The lowest BCUT2D eigenvalue weighted by Crippen LogP contribution is -2.39. The third-order valence-corrected chi connectivity index (χ3v) is 4.84. The second-order valence-corrected chi connectivity index (χ2v) is 6.86. The van der Waals surface area contributed by atoms with Gasteiger partial charge in [0.15, 0.2) is 5.96 Å². The van der Waals surface area contributed by atoms with Crippen molar-refractivity contribution in [2.45, 2.75) is 13.0 Å². The summed E-state index contributed by atoms with van der Waals surface area (Å²) in [6.07, 6.45) is 0.816. The molecule has 2 N–H and O–H groups in total. The molecule has 0 bridgehead atoms. The van der Waals surface area contributed by atoms with Crippen molar-refractivity contribution in [3.63, 3.8) is 0 Å². The van der Waals surface area contributed by atoms with Crippen LogP contribution in [0.3, 0.4) is 0 Å². The third-order valence-electron chi connectivity index (χ3n) is 3.61. The topological polar surface area (TPSA) is 56.7 Å². The average molecular weight is 379 g/mol. The van der Waals surface area contributed by atoms with Crippen molar-refractivity contribution < 1.29 is 4.79 Å². The van der Waals surface area contributed by atoms with Crippen molar-refractivity contribution in [2.75, 3.05) is 27.2 Å². The number of guanidine groups is 1. The number of aliphatic imine (C=N–C) groups is 1. The van der Waals surface area contributed by atoms with E-state index in [9.17, 15) is 4.79 Å². The molecule has 0 saturated carbocycles. The van der Waals surface area contributed by atoms with Crippen molar-refractivity contribution >= 4 is 34.8 Å². The molecular formula is C18H23ClN4OS. The first-order chi connectivity index (χ1) is 12.1. The van der Waals surface area contributed by atoms with E-state index < -0.39 is 0 Å². The lowest BCUT2D eigenvalue weighted by atomic mass is 10.2. The number of hydrogen-bond donors (Lipinski definition) is 2. The summed E-state index contributed by atoms with van der Waals surface area (Å²) in [6, 6.07) is 11.5. The number of carbonyl (C=O) groups excluding carboxylic acids is 1. The number of nitrogens with zero attached hydrogens (tertiary/aromatic N) is 2. The van der Waals surface area contributed by atoms with Crippen molar-refractivity contribution in [1.82, 2.24) is 15.5 Å². The Morgan fingerprint density at radius 3 is 2.64 bits per heavy atom. The molecule has 1 amide bonds. The van der Waals surface area contributed by atoms with Crippen LogP contribution in [0.4, 0.5) is 0 Å². The molecule has 0 saturated heterocycles. The van der Waals surface area contributed by atoms with Gasteiger partial charge < -0.3 is 15.5 Å². The normalized spacial score (nSPS) is 11.2. The molecule has 7 heteroatoms. The number of hydrogen-bond acceptors (Lipinski definition) is 3. The van der Waals surface area contributed by atoms with Gasteiger partial charge in [-0.05, 0) is 29.5 Å². The fourth-order valence-electron chi connectivity index (χ4n) is 2.33. The Hall–Kier alpha value is -2.05. The summed E-state index contributed by atoms with van der Waals surface area (Å²) in [5, 5.41) is 8.86. The van der Waals surface area contributed by atoms with Crippen LogP contribution in [-0.4, -0.2) is 44.0 Å². The van der Waals surface area contributed by atoms with Gasteiger partial charge in [0.05, 0.1) is 4.88 Å². The van der Waals surface area contributed by atoms with Crippen LogP contribution in [0.5, 0.6) is 0 Å². The summed E-state index contributed by atoms with van der Waals surface area (Å²) < 4.78 is 0. The number of benzene rings is 1. The molecule has 0 radical (unpaired) electrons. The maximum absolute atomic E-state index is 11.8. The van der Waals surface area contributed by atoms with Gasteiger partial charge in [0, 0.05) is 38.8 Å². The fourth-order valence-corrected chi connectivity index (χ4v) is 3.16. The fraction of sp³-hybridized carbons (Fsp3) is 0.333. The van der Waals surface area contributed by atoms with Gasteiger partial charge >= 0.3 is 0 Å². The first-order valence-corrected chi connectivity index (χ1v) is 9.34. The molecule has 1 aromatic heterocycles. The third kappa shape index (κ3) is 6.07. The number of halogens is 1. The van der Waals surface area contributed by atoms with E-state index in [1.54, 1.807) is 7.05 Å². The summed E-state index contributed by atoms with van der Waals surface area (Å²) in [7, 11) is 3.72. The minimum atomic E-state index is -0.0183. The maximum Gasteiger partial charge on any atom is 0.261 e. The molecule has 2 rings (SSSR count). The van der Waals surface area contributed by atoms with E-state index in [-0.39, 0.29) is 5.91 Å². The van der Waals surface area contributed by atoms with Gasteiger partial charge in [-0.25, -0.2) is 0 Å². The van der Waals surface area contributed by atoms with E-state index in [0.29, 0.717) is 13.1 Å². The number of rotatable bonds is 7. The second kappa shape index (κ2) is 10.1. The zero-order valence-electron chi connectivity index (χ0n) is 14.5. The van der Waals surface area contributed by atoms with Crippen molar-refractivity contribution in [1.29, 1.82) is 0 Å². The Labute approximate surface area is 157 Å². The van der Waals surface area contributed by atoms with E-state index >= 15 is 0 Å². The highest BCUT2D eigenvalue weighted by Crippen LogP contribution is 2.16. The number of amides is 1. The molecule has 134 valence electrons. The zero-order chi connectivity index (χ0) is 18.1. The van der Waals surface area contributed by atoms with Crippen LogP contribution in [0.1, 0.15) is 21.7 Å². The van der Waals surface area contributed by atoms with E-state index in [0.717, 1.165) is 34.4 Å². The van der Waals surface area contributed by atoms with Crippen LogP contribution in [-0.2, 0) is 6.54 Å². The van der Waals surface area contributed by atoms with E-state index in [2.05, 4.69) is 15.6 Å². The quantitative estimate of drug-likeness (QED) is 0.442. The van der Waals surface area contributed by atoms with Crippen molar-refractivity contribution in [2.24, 2.45) is 4.99 Å². The molecule has 1 heterocycles. The monoisotopic (exact) mass is 378 g/mol. The molecule has 5 nitrogen and oxygen atoms in total. The maximum atomic E-state index is 11.8. The van der Waals surface area contributed by atoms with Gasteiger partial charge in [-0.2, -0.15) is 0 Å². The Balaban J connectivity index is 1.71. The summed E-state index contributed by atoms with van der Waals surface area (Å²) >= 11 is 7.65. The molecule has 0 fully saturated rings. The SMILES string of the molecule is CN=C(NCCCNC(=O)c1cccs1)N(C)Cc1ccccc1Cl. The smallest absolute Gasteiger partial charge is 0.261 e. The highest BCUT2D eigenvalue weighted by molar-refractivity contribution is 7.12. The van der Waals surface area contributed by atoms with Crippen molar-refractivity contribution in [3.05, 3.63) is 57.2 Å². The van der Waals surface area contributed by atoms with Crippen LogP contribution < -0.4 is 10.6 Å². The average Bonchev–Trinajstić information content (AvgIpc) is 3.14. The van der Waals surface area contributed by atoms with Gasteiger partial charge in [0.2, 0.25) is 0 Å². The highest BCUT2D eigenvalue weighted by atomic mass is 35.5. The predicted octanol–water partition coefficient (Wildman–Crippen LogP) is 3.23.